The van der Waals surface area contributed by atoms with Gasteiger partial charge in [0.15, 0.2) is 0 Å². The highest BCUT2D eigenvalue weighted by atomic mass is 15.2. The highest BCUT2D eigenvalue weighted by Crippen LogP contribution is 2.39. The lowest BCUT2D eigenvalue weighted by Gasteiger charge is -2.40. The van der Waals surface area contributed by atoms with E-state index in [0.717, 1.165) is 6.04 Å². The molecule has 0 aliphatic heterocycles. The summed E-state index contributed by atoms with van der Waals surface area (Å²) in [7, 11) is 0. The highest BCUT2D eigenvalue weighted by molar-refractivity contribution is 5.37. The summed E-state index contributed by atoms with van der Waals surface area (Å²) in [5.41, 5.74) is 10.7. The fourth-order valence-corrected chi connectivity index (χ4v) is 4.33. The predicted octanol–water partition coefficient (Wildman–Crippen LogP) is 3.96. The van der Waals surface area contributed by atoms with E-state index in [1.807, 2.05) is 0 Å². The van der Waals surface area contributed by atoms with E-state index in [1.54, 1.807) is 11.1 Å². The fraction of sp³-hybridized carbons (Fsp3) is 0.684. The lowest BCUT2D eigenvalue weighted by atomic mass is 9.89. The van der Waals surface area contributed by atoms with Gasteiger partial charge in [0.05, 0.1) is 0 Å². The highest BCUT2D eigenvalue weighted by Gasteiger charge is 2.33. The number of hydrogen-bond donors (Lipinski definition) is 1. The van der Waals surface area contributed by atoms with E-state index in [1.165, 1.54) is 57.1 Å². The summed E-state index contributed by atoms with van der Waals surface area (Å²) in [6, 6.07) is 8.91. The second-order valence-electron chi connectivity index (χ2n) is 7.06. The molecule has 0 saturated heterocycles. The fourth-order valence-electron chi connectivity index (χ4n) is 4.33. The van der Waals surface area contributed by atoms with Crippen molar-refractivity contribution in [2.75, 3.05) is 6.54 Å². The third-order valence-corrected chi connectivity index (χ3v) is 5.44. The van der Waals surface area contributed by atoms with Crippen molar-refractivity contribution in [1.82, 2.24) is 4.90 Å². The van der Waals surface area contributed by atoms with Gasteiger partial charge in [-0.25, -0.2) is 0 Å². The van der Waals surface area contributed by atoms with Gasteiger partial charge in [-0.1, -0.05) is 30.7 Å². The molecule has 2 N–H and O–H groups in total. The van der Waals surface area contributed by atoms with Crippen LogP contribution in [0.3, 0.4) is 0 Å². The smallest absolute Gasteiger partial charge is 0.0357 e. The SMILES string of the molecule is CCCN(C1CCC(N)CC1)C1CCc2ccc(C)cc21. The maximum absolute atomic E-state index is 6.10. The van der Waals surface area contributed by atoms with Gasteiger partial charge in [0.25, 0.3) is 0 Å². The molecule has 1 atom stereocenters. The maximum Gasteiger partial charge on any atom is 0.0357 e. The first kappa shape index (κ1) is 15.1. The van der Waals surface area contributed by atoms with Crippen LogP contribution in [0.2, 0.25) is 0 Å². The Morgan fingerprint density at radius 1 is 1.14 bits per heavy atom. The molecular formula is C19H30N2. The summed E-state index contributed by atoms with van der Waals surface area (Å²) < 4.78 is 0. The number of rotatable bonds is 4. The molecule has 1 saturated carbocycles. The number of hydrogen-bond acceptors (Lipinski definition) is 2. The molecule has 2 aliphatic rings. The monoisotopic (exact) mass is 286 g/mol. The summed E-state index contributed by atoms with van der Waals surface area (Å²) in [5.74, 6) is 0. The van der Waals surface area contributed by atoms with Gasteiger partial charge in [0, 0.05) is 18.1 Å². The molecule has 21 heavy (non-hydrogen) atoms. The Morgan fingerprint density at radius 2 is 1.90 bits per heavy atom. The van der Waals surface area contributed by atoms with Gasteiger partial charge in [-0.05, 0) is 69.5 Å². The van der Waals surface area contributed by atoms with Crippen molar-refractivity contribution in [2.24, 2.45) is 5.73 Å². The Hall–Kier alpha value is -0.860. The molecule has 0 spiro atoms. The van der Waals surface area contributed by atoms with Crippen molar-refractivity contribution >= 4 is 0 Å². The lowest BCUT2D eigenvalue weighted by molar-refractivity contribution is 0.0991. The van der Waals surface area contributed by atoms with E-state index in [0.29, 0.717) is 12.1 Å². The molecule has 0 radical (unpaired) electrons. The van der Waals surface area contributed by atoms with Crippen LogP contribution in [0.25, 0.3) is 0 Å². The van der Waals surface area contributed by atoms with Crippen LogP contribution < -0.4 is 5.73 Å². The summed E-state index contributed by atoms with van der Waals surface area (Å²) >= 11 is 0. The van der Waals surface area contributed by atoms with Gasteiger partial charge in [0.1, 0.15) is 0 Å². The Kier molecular flexibility index (Phi) is 4.66. The van der Waals surface area contributed by atoms with E-state index < -0.39 is 0 Å². The van der Waals surface area contributed by atoms with Crippen molar-refractivity contribution < 1.29 is 0 Å². The Labute approximate surface area is 129 Å². The van der Waals surface area contributed by atoms with E-state index >= 15 is 0 Å². The summed E-state index contributed by atoms with van der Waals surface area (Å²) in [4.78, 5) is 2.82. The number of nitrogens with zero attached hydrogens (tertiary/aromatic N) is 1. The van der Waals surface area contributed by atoms with Crippen molar-refractivity contribution in [3.05, 3.63) is 34.9 Å². The maximum atomic E-state index is 6.10. The topological polar surface area (TPSA) is 29.3 Å². The Balaban J connectivity index is 1.81. The molecule has 116 valence electrons. The largest absolute Gasteiger partial charge is 0.328 e. The molecule has 1 fully saturated rings. The molecule has 2 aliphatic carbocycles. The number of benzene rings is 1. The van der Waals surface area contributed by atoms with Gasteiger partial charge in [-0.2, -0.15) is 0 Å². The first-order chi connectivity index (χ1) is 10.2. The normalized spacial score (nSPS) is 28.9. The van der Waals surface area contributed by atoms with Gasteiger partial charge >= 0.3 is 0 Å². The molecule has 0 heterocycles. The van der Waals surface area contributed by atoms with E-state index in [-0.39, 0.29) is 0 Å². The van der Waals surface area contributed by atoms with Gasteiger partial charge in [-0.3, -0.25) is 4.90 Å². The van der Waals surface area contributed by atoms with E-state index in [4.69, 9.17) is 5.73 Å². The van der Waals surface area contributed by atoms with Crippen LogP contribution in [-0.2, 0) is 6.42 Å². The van der Waals surface area contributed by atoms with Crippen LogP contribution >= 0.6 is 0 Å². The van der Waals surface area contributed by atoms with Crippen molar-refractivity contribution in [3.8, 4) is 0 Å². The van der Waals surface area contributed by atoms with Gasteiger partial charge < -0.3 is 5.73 Å². The van der Waals surface area contributed by atoms with Crippen LogP contribution in [0.15, 0.2) is 18.2 Å². The quantitative estimate of drug-likeness (QED) is 0.907. The predicted molar refractivity (Wildman–Crippen MR) is 89.5 cm³/mol. The molecule has 1 aromatic rings. The van der Waals surface area contributed by atoms with Crippen LogP contribution in [0.5, 0.6) is 0 Å². The van der Waals surface area contributed by atoms with Crippen LogP contribution in [0.4, 0.5) is 0 Å². The van der Waals surface area contributed by atoms with Gasteiger partial charge in [0.2, 0.25) is 0 Å². The molecule has 1 unspecified atom stereocenters. The molecular weight excluding hydrogens is 256 g/mol. The summed E-state index contributed by atoms with van der Waals surface area (Å²) in [6.07, 6.45) is 8.81. The third kappa shape index (κ3) is 3.17. The molecule has 0 amide bonds. The molecule has 2 nitrogen and oxygen atoms in total. The van der Waals surface area contributed by atoms with Crippen molar-refractivity contribution in [2.45, 2.75) is 76.9 Å². The lowest BCUT2D eigenvalue weighted by Crippen LogP contribution is -2.42. The molecule has 0 aromatic heterocycles. The minimum absolute atomic E-state index is 0.447. The standard InChI is InChI=1S/C19H30N2/c1-3-12-21(17-9-7-16(20)8-10-17)19-11-6-15-5-4-14(2)13-18(15)19/h4-5,13,16-17,19H,3,6-12,20H2,1-2H3. The first-order valence-corrected chi connectivity index (χ1v) is 8.79. The zero-order valence-corrected chi connectivity index (χ0v) is 13.6. The van der Waals surface area contributed by atoms with E-state index in [9.17, 15) is 0 Å². The zero-order valence-electron chi connectivity index (χ0n) is 13.6. The summed E-state index contributed by atoms with van der Waals surface area (Å²) in [5, 5.41) is 0. The second kappa shape index (κ2) is 6.50. The summed E-state index contributed by atoms with van der Waals surface area (Å²) in [6.45, 7) is 5.77. The number of nitrogens with two attached hydrogens (primary N) is 1. The van der Waals surface area contributed by atoms with Crippen LogP contribution in [0.1, 0.15) is 68.2 Å². The average Bonchev–Trinajstić information content (AvgIpc) is 2.89. The van der Waals surface area contributed by atoms with Crippen LogP contribution in [-0.4, -0.2) is 23.5 Å². The second-order valence-corrected chi connectivity index (χ2v) is 7.06. The van der Waals surface area contributed by atoms with Gasteiger partial charge in [-0.15, -0.1) is 0 Å². The first-order valence-electron chi connectivity index (χ1n) is 8.79. The Bertz CT molecular complexity index is 474. The molecule has 3 rings (SSSR count). The van der Waals surface area contributed by atoms with Crippen molar-refractivity contribution in [3.63, 3.8) is 0 Å². The zero-order chi connectivity index (χ0) is 14.8. The van der Waals surface area contributed by atoms with E-state index in [2.05, 4.69) is 36.9 Å². The Morgan fingerprint density at radius 3 is 2.62 bits per heavy atom. The molecule has 1 aromatic carbocycles. The third-order valence-electron chi connectivity index (χ3n) is 5.44. The minimum Gasteiger partial charge on any atom is -0.328 e. The minimum atomic E-state index is 0.447. The average molecular weight is 286 g/mol. The molecule has 2 heteroatoms. The molecule has 0 bridgehead atoms. The number of fused-ring (bicyclic) bond motifs is 1. The van der Waals surface area contributed by atoms with Crippen molar-refractivity contribution in [1.29, 1.82) is 0 Å². The van der Waals surface area contributed by atoms with Crippen LogP contribution in [0, 0.1) is 6.92 Å². The number of aryl methyl sites for hydroxylation is 2.